The van der Waals surface area contributed by atoms with Crippen molar-refractivity contribution in [3.05, 3.63) is 77.9 Å². The van der Waals surface area contributed by atoms with Crippen LogP contribution in [-0.4, -0.2) is 47.2 Å². The molecule has 1 aliphatic heterocycles. The molecule has 1 N–H and O–H groups in total. The topological polar surface area (TPSA) is 94.2 Å². The minimum absolute atomic E-state index is 0.0963. The van der Waals surface area contributed by atoms with Crippen molar-refractivity contribution in [2.24, 2.45) is 0 Å². The summed E-state index contributed by atoms with van der Waals surface area (Å²) >= 11 is 0. The van der Waals surface area contributed by atoms with Gasteiger partial charge in [-0.25, -0.2) is 8.42 Å². The van der Waals surface area contributed by atoms with Crippen molar-refractivity contribution >= 4 is 21.6 Å². The van der Waals surface area contributed by atoms with Gasteiger partial charge in [0.2, 0.25) is 0 Å². The first-order valence-corrected chi connectivity index (χ1v) is 14.4. The Labute approximate surface area is 230 Å². The average molecular weight is 553 g/mol. The predicted molar refractivity (Wildman–Crippen MR) is 151 cm³/mol. The van der Waals surface area contributed by atoms with E-state index in [4.69, 9.17) is 14.2 Å². The summed E-state index contributed by atoms with van der Waals surface area (Å²) in [6, 6.07) is 19.4. The van der Waals surface area contributed by atoms with Crippen molar-refractivity contribution in [1.29, 1.82) is 0 Å². The average Bonchev–Trinajstić information content (AvgIpc) is 2.94. The molecule has 9 heteroatoms. The maximum atomic E-state index is 13.8. The number of nitrogens with zero attached hydrogens (tertiary/aromatic N) is 1. The number of ether oxygens (including phenoxy) is 3. The van der Waals surface area contributed by atoms with Crippen molar-refractivity contribution < 1.29 is 27.4 Å². The van der Waals surface area contributed by atoms with Crippen LogP contribution in [0, 0.1) is 0 Å². The molecule has 0 unspecified atom stereocenters. The van der Waals surface area contributed by atoms with Crippen molar-refractivity contribution in [1.82, 2.24) is 5.32 Å². The summed E-state index contributed by atoms with van der Waals surface area (Å²) in [5.41, 5.74) is 2.36. The molecule has 3 aromatic carbocycles. The van der Waals surface area contributed by atoms with Gasteiger partial charge in [0.1, 0.15) is 23.9 Å². The molecule has 3 aromatic rings. The summed E-state index contributed by atoms with van der Waals surface area (Å²) in [4.78, 5) is 13.2. The number of carbonyl (C=O) groups excluding carboxylic acids is 1. The number of fused-ring (bicyclic) bond motifs is 1. The molecule has 0 aromatic heterocycles. The maximum absolute atomic E-state index is 13.8. The van der Waals surface area contributed by atoms with E-state index in [1.165, 1.54) is 29.1 Å². The lowest BCUT2D eigenvalue weighted by molar-refractivity contribution is -0.127. The van der Waals surface area contributed by atoms with Crippen molar-refractivity contribution in [2.45, 2.75) is 50.5 Å². The third-order valence-electron chi connectivity index (χ3n) is 6.64. The van der Waals surface area contributed by atoms with E-state index in [0.717, 1.165) is 17.7 Å². The Kier molecular flexibility index (Phi) is 8.39. The fourth-order valence-corrected chi connectivity index (χ4v) is 5.70. The fraction of sp³-hybridized carbons (Fsp3) is 0.367. The Morgan fingerprint density at radius 2 is 1.69 bits per heavy atom. The standard InChI is InChI=1S/C30H36N2O6S/c1-6-21-7-10-24(11-8-21)37-18-17-31-29(33)28-20-32(39(34,35)25-14-12-23(36-5)13-15-25)26-19-22(30(2,3)4)9-16-27(26)38-28/h7-16,19,28H,6,17-18,20H2,1-5H3,(H,31,33)/t28-/m0/s1. The van der Waals surface area contributed by atoms with E-state index < -0.39 is 22.0 Å². The van der Waals surface area contributed by atoms with Crippen molar-refractivity contribution in [2.75, 3.05) is 31.1 Å². The molecule has 8 nitrogen and oxygen atoms in total. The first kappa shape index (κ1) is 28.3. The first-order chi connectivity index (χ1) is 18.5. The van der Waals surface area contributed by atoms with Crippen LogP contribution in [0.5, 0.6) is 17.2 Å². The Hall–Kier alpha value is -3.72. The highest BCUT2D eigenvalue weighted by molar-refractivity contribution is 7.92. The highest BCUT2D eigenvalue weighted by Crippen LogP contribution is 2.40. The lowest BCUT2D eigenvalue weighted by Gasteiger charge is -2.36. The van der Waals surface area contributed by atoms with Crippen LogP contribution in [0.15, 0.2) is 71.6 Å². The molecule has 0 spiro atoms. The molecule has 0 aliphatic carbocycles. The number of sulfonamides is 1. The number of hydrogen-bond donors (Lipinski definition) is 1. The van der Waals surface area contributed by atoms with Gasteiger partial charge in [-0.2, -0.15) is 0 Å². The van der Waals surface area contributed by atoms with Crippen LogP contribution in [0.2, 0.25) is 0 Å². The van der Waals surface area contributed by atoms with Crippen LogP contribution >= 0.6 is 0 Å². The third-order valence-corrected chi connectivity index (χ3v) is 8.43. The molecule has 1 atom stereocenters. The number of anilines is 1. The fourth-order valence-electron chi connectivity index (χ4n) is 4.24. The minimum atomic E-state index is -4.00. The van der Waals surface area contributed by atoms with Gasteiger partial charge in [-0.3, -0.25) is 9.10 Å². The zero-order chi connectivity index (χ0) is 28.2. The van der Waals surface area contributed by atoms with Crippen LogP contribution in [0.4, 0.5) is 5.69 Å². The number of amides is 1. The summed E-state index contributed by atoms with van der Waals surface area (Å²) in [7, 11) is -2.48. The van der Waals surface area contributed by atoms with Crippen LogP contribution in [0.1, 0.15) is 38.8 Å². The van der Waals surface area contributed by atoms with E-state index in [1.807, 2.05) is 36.4 Å². The van der Waals surface area contributed by atoms with Gasteiger partial charge in [0.05, 0.1) is 30.8 Å². The Bertz CT molecular complexity index is 1400. The molecule has 0 radical (unpaired) electrons. The normalized spacial score (nSPS) is 15.2. The van der Waals surface area contributed by atoms with Gasteiger partial charge in [-0.05, 0) is 71.5 Å². The number of carbonyl (C=O) groups is 1. The summed E-state index contributed by atoms with van der Waals surface area (Å²) in [6.07, 6.45) is -0.0846. The molecular formula is C30H36N2O6S. The first-order valence-electron chi connectivity index (χ1n) is 13.0. The quantitative estimate of drug-likeness (QED) is 0.387. The molecule has 1 heterocycles. The number of rotatable bonds is 9. The predicted octanol–water partition coefficient (Wildman–Crippen LogP) is 4.71. The highest BCUT2D eigenvalue weighted by atomic mass is 32.2. The van der Waals surface area contributed by atoms with E-state index >= 15 is 0 Å². The second-order valence-corrected chi connectivity index (χ2v) is 12.2. The van der Waals surface area contributed by atoms with Crippen molar-refractivity contribution in [3.8, 4) is 17.2 Å². The monoisotopic (exact) mass is 552 g/mol. The lowest BCUT2D eigenvalue weighted by Crippen LogP contribution is -2.51. The van der Waals surface area contributed by atoms with Crippen molar-refractivity contribution in [3.63, 3.8) is 0 Å². The third kappa shape index (κ3) is 6.47. The number of hydrogen-bond acceptors (Lipinski definition) is 6. The summed E-state index contributed by atoms with van der Waals surface area (Å²) < 4.78 is 45.8. The number of methoxy groups -OCH3 is 1. The Morgan fingerprint density at radius 3 is 2.31 bits per heavy atom. The van der Waals surface area contributed by atoms with Gasteiger partial charge in [0.15, 0.2) is 6.10 Å². The van der Waals surface area contributed by atoms with Crippen LogP contribution in [0.25, 0.3) is 0 Å². The van der Waals surface area contributed by atoms with E-state index in [1.54, 1.807) is 18.2 Å². The molecule has 0 bridgehead atoms. The Morgan fingerprint density at radius 1 is 1.03 bits per heavy atom. The van der Waals surface area contributed by atoms with E-state index in [2.05, 4.69) is 33.0 Å². The van der Waals surface area contributed by atoms with Crippen LogP contribution in [-0.2, 0) is 26.7 Å². The Balaban J connectivity index is 1.53. The molecule has 208 valence electrons. The van der Waals surface area contributed by atoms with E-state index in [0.29, 0.717) is 17.2 Å². The zero-order valence-corrected chi connectivity index (χ0v) is 23.9. The van der Waals surface area contributed by atoms with Gasteiger partial charge in [-0.15, -0.1) is 0 Å². The molecule has 0 fully saturated rings. The summed E-state index contributed by atoms with van der Waals surface area (Å²) in [5.74, 6) is 1.18. The molecular weight excluding hydrogens is 516 g/mol. The molecule has 1 aliphatic rings. The minimum Gasteiger partial charge on any atom is -0.497 e. The van der Waals surface area contributed by atoms with Gasteiger partial charge in [0, 0.05) is 0 Å². The smallest absolute Gasteiger partial charge is 0.264 e. The summed E-state index contributed by atoms with van der Waals surface area (Å²) in [5, 5.41) is 2.81. The molecule has 0 saturated heterocycles. The van der Waals surface area contributed by atoms with Crippen LogP contribution in [0.3, 0.4) is 0 Å². The highest BCUT2D eigenvalue weighted by Gasteiger charge is 2.38. The maximum Gasteiger partial charge on any atom is 0.264 e. The van der Waals surface area contributed by atoms with Gasteiger partial charge >= 0.3 is 0 Å². The van der Waals surface area contributed by atoms with Crippen LogP contribution < -0.4 is 23.8 Å². The SMILES string of the molecule is CCc1ccc(OCCNC(=O)[C@@H]2CN(S(=O)(=O)c3ccc(OC)cc3)c3cc(C(C)(C)C)ccc3O2)cc1. The number of nitrogens with one attached hydrogen (secondary N) is 1. The van der Waals surface area contributed by atoms with Gasteiger partial charge < -0.3 is 19.5 Å². The molecule has 1 amide bonds. The second-order valence-electron chi connectivity index (χ2n) is 10.4. The van der Waals surface area contributed by atoms with Gasteiger partial charge in [-0.1, -0.05) is 45.9 Å². The number of aryl methyl sites for hydroxylation is 1. The largest absolute Gasteiger partial charge is 0.497 e. The lowest BCUT2D eigenvalue weighted by atomic mass is 9.86. The molecule has 39 heavy (non-hydrogen) atoms. The summed E-state index contributed by atoms with van der Waals surface area (Å²) in [6.45, 7) is 8.59. The van der Waals surface area contributed by atoms with E-state index in [-0.39, 0.29) is 30.0 Å². The second kappa shape index (κ2) is 11.6. The van der Waals surface area contributed by atoms with Gasteiger partial charge in [0.25, 0.3) is 15.9 Å². The molecule has 0 saturated carbocycles. The molecule has 4 rings (SSSR count). The number of benzene rings is 3. The van der Waals surface area contributed by atoms with E-state index in [9.17, 15) is 13.2 Å². The zero-order valence-electron chi connectivity index (χ0n) is 23.1.